The highest BCUT2D eigenvalue weighted by molar-refractivity contribution is 7.98. The summed E-state index contributed by atoms with van der Waals surface area (Å²) in [5.41, 5.74) is 2.51. The lowest BCUT2D eigenvalue weighted by atomic mass is 9.91. The second-order valence-corrected chi connectivity index (χ2v) is 14.3. The average Bonchev–Trinajstić information content (AvgIpc) is 3.15. The first-order valence-corrected chi connectivity index (χ1v) is 19.2. The topological polar surface area (TPSA) is 142 Å². The molecule has 50 heavy (non-hydrogen) atoms. The molecule has 2 aromatic carbocycles. The van der Waals surface area contributed by atoms with Gasteiger partial charge < -0.3 is 19.5 Å². The van der Waals surface area contributed by atoms with Gasteiger partial charge in [0.25, 0.3) is 5.69 Å². The molecular formula is C37H46N4O7S2. The van der Waals surface area contributed by atoms with Crippen LogP contribution in [0.15, 0.2) is 65.8 Å². The third-order valence-corrected chi connectivity index (χ3v) is 10.2. The van der Waals surface area contributed by atoms with E-state index in [0.717, 1.165) is 46.7 Å². The van der Waals surface area contributed by atoms with E-state index < -0.39 is 28.4 Å². The van der Waals surface area contributed by atoms with Crippen molar-refractivity contribution in [2.45, 2.75) is 76.1 Å². The van der Waals surface area contributed by atoms with E-state index in [2.05, 4.69) is 5.32 Å². The quantitative estimate of drug-likeness (QED) is 0.0591. The van der Waals surface area contributed by atoms with Crippen LogP contribution in [0.2, 0.25) is 0 Å². The van der Waals surface area contributed by atoms with Gasteiger partial charge in [-0.15, -0.1) is 0 Å². The number of aromatic nitrogens is 1. The summed E-state index contributed by atoms with van der Waals surface area (Å²) in [6, 6.07) is 14.4. The fourth-order valence-corrected chi connectivity index (χ4v) is 7.13. The molecule has 0 spiro atoms. The highest BCUT2D eigenvalue weighted by atomic mass is 32.2. The number of amides is 1. The van der Waals surface area contributed by atoms with Crippen molar-refractivity contribution in [1.29, 1.82) is 0 Å². The number of thioether (sulfide) groups is 2. The molecule has 0 radical (unpaired) electrons. The summed E-state index contributed by atoms with van der Waals surface area (Å²) in [4.78, 5) is 47.6. The standard InChI is InChI=1S/C37H46N4O7S2/c1-4-46-17-18-47-34-32(30-22-38-33(34)26-50-20-10-6-9-19-49-25-30)23-39-37(3,21-28-13-15-31(16-14-28)41(44)45)36(43)40-27(2)35(42)48-24-29-11-7-5-8-12-29/h5,7-8,11-16,22-23,27H,4,6,9-10,17-21,24-26H2,1-3H3,(H,40,43)/t27-,37+/m0/s1. The number of nitro groups is 1. The zero-order valence-corrected chi connectivity index (χ0v) is 30.6. The maximum absolute atomic E-state index is 14.1. The number of nitrogens with zero attached hydrogens (tertiary/aromatic N) is 3. The molecule has 3 heterocycles. The molecule has 5 rings (SSSR count). The molecule has 2 atom stereocenters. The van der Waals surface area contributed by atoms with Crippen molar-refractivity contribution in [2.75, 3.05) is 31.3 Å². The van der Waals surface area contributed by atoms with Crippen LogP contribution in [0.4, 0.5) is 5.69 Å². The van der Waals surface area contributed by atoms with E-state index in [4.69, 9.17) is 24.2 Å². The van der Waals surface area contributed by atoms with Crippen molar-refractivity contribution in [2.24, 2.45) is 4.99 Å². The van der Waals surface area contributed by atoms with Gasteiger partial charge in [0.05, 0.1) is 17.2 Å². The number of benzene rings is 2. The zero-order valence-electron chi connectivity index (χ0n) is 28.9. The van der Waals surface area contributed by atoms with Crippen molar-refractivity contribution >= 4 is 47.3 Å². The highest BCUT2D eigenvalue weighted by Crippen LogP contribution is 2.32. The van der Waals surface area contributed by atoms with Crippen LogP contribution < -0.4 is 10.1 Å². The molecule has 3 aromatic rings. The van der Waals surface area contributed by atoms with Crippen LogP contribution in [0.3, 0.4) is 0 Å². The van der Waals surface area contributed by atoms with Gasteiger partial charge in [0.15, 0.2) is 5.75 Å². The van der Waals surface area contributed by atoms with Crippen LogP contribution in [0.1, 0.15) is 68.0 Å². The van der Waals surface area contributed by atoms with Crippen molar-refractivity contribution in [3.8, 4) is 5.75 Å². The Balaban J connectivity index is 1.67. The number of pyridine rings is 1. The molecule has 1 N–H and O–H groups in total. The third kappa shape index (κ3) is 11.8. The SMILES string of the molecule is CCOCCOc1c2ncc(c1C=N[C@](C)(Cc1ccc([N+](=O)[O-])cc1)C(=O)N[C@@H](C)C(=O)OCc1ccccc1)CSCCCCCSC2. The number of rotatable bonds is 15. The molecule has 0 fully saturated rings. The smallest absolute Gasteiger partial charge is 0.328 e. The van der Waals surface area contributed by atoms with Crippen molar-refractivity contribution in [1.82, 2.24) is 10.3 Å². The molecule has 0 unspecified atom stereocenters. The van der Waals surface area contributed by atoms with Crippen LogP contribution >= 0.6 is 23.5 Å². The average molecular weight is 723 g/mol. The molecule has 11 nitrogen and oxygen atoms in total. The van der Waals surface area contributed by atoms with E-state index in [-0.39, 0.29) is 18.7 Å². The number of nitrogens with one attached hydrogen (secondary N) is 1. The molecule has 0 aliphatic carbocycles. The minimum Gasteiger partial charge on any atom is -0.489 e. The Bertz CT molecular complexity index is 1590. The molecule has 0 saturated heterocycles. The van der Waals surface area contributed by atoms with Gasteiger partial charge in [0, 0.05) is 54.6 Å². The maximum atomic E-state index is 14.1. The predicted molar refractivity (Wildman–Crippen MR) is 199 cm³/mol. The second-order valence-electron chi connectivity index (χ2n) is 12.1. The number of carbonyl (C=O) groups is 2. The Morgan fingerprint density at radius 1 is 1.04 bits per heavy atom. The van der Waals surface area contributed by atoms with E-state index in [1.165, 1.54) is 18.6 Å². The number of carbonyl (C=O) groups excluding carboxylic acids is 2. The van der Waals surface area contributed by atoms with Gasteiger partial charge in [-0.1, -0.05) is 48.9 Å². The zero-order chi connectivity index (χ0) is 35.8. The van der Waals surface area contributed by atoms with Gasteiger partial charge in [-0.2, -0.15) is 23.5 Å². The number of aliphatic imine (C=N–C) groups is 1. The molecular weight excluding hydrogens is 677 g/mol. The van der Waals surface area contributed by atoms with Gasteiger partial charge in [-0.05, 0) is 61.8 Å². The molecule has 268 valence electrons. The van der Waals surface area contributed by atoms with E-state index in [9.17, 15) is 19.7 Å². The molecule has 2 aliphatic rings. The van der Waals surface area contributed by atoms with Crippen LogP contribution in [0, 0.1) is 10.1 Å². The van der Waals surface area contributed by atoms with Crippen LogP contribution in [0.25, 0.3) is 0 Å². The molecule has 2 bridgehead atoms. The Morgan fingerprint density at radius 3 is 2.46 bits per heavy atom. The van der Waals surface area contributed by atoms with Crippen LogP contribution in [-0.4, -0.2) is 70.9 Å². The van der Waals surface area contributed by atoms with E-state index in [1.807, 2.05) is 67.0 Å². The second kappa shape index (κ2) is 20.0. The summed E-state index contributed by atoms with van der Waals surface area (Å²) in [6.45, 7) is 6.58. The van der Waals surface area contributed by atoms with Gasteiger partial charge in [-0.25, -0.2) is 4.79 Å². The number of fused-ring (bicyclic) bond motifs is 10. The lowest BCUT2D eigenvalue weighted by Crippen LogP contribution is -2.50. The summed E-state index contributed by atoms with van der Waals surface area (Å²) in [6.07, 6.45) is 7.12. The molecule has 1 amide bonds. The summed E-state index contributed by atoms with van der Waals surface area (Å²) in [5, 5.41) is 14.1. The summed E-state index contributed by atoms with van der Waals surface area (Å²) < 4.78 is 17.4. The number of esters is 1. The first kappa shape index (κ1) is 38.9. The number of ether oxygens (including phenoxy) is 3. The molecule has 2 aliphatic heterocycles. The lowest BCUT2D eigenvalue weighted by molar-refractivity contribution is -0.384. The fourth-order valence-electron chi connectivity index (χ4n) is 5.18. The monoisotopic (exact) mass is 722 g/mol. The van der Waals surface area contributed by atoms with Gasteiger partial charge in [-0.3, -0.25) is 24.9 Å². The predicted octanol–water partition coefficient (Wildman–Crippen LogP) is 6.72. The maximum Gasteiger partial charge on any atom is 0.328 e. The molecule has 0 saturated carbocycles. The number of nitro benzene ring substituents is 1. The first-order valence-electron chi connectivity index (χ1n) is 16.9. The normalized spacial score (nSPS) is 15.6. The number of hydrogen-bond acceptors (Lipinski definition) is 11. The minimum absolute atomic E-state index is 0.0553. The Kier molecular flexibility index (Phi) is 15.6. The largest absolute Gasteiger partial charge is 0.489 e. The van der Waals surface area contributed by atoms with Crippen LogP contribution in [0.5, 0.6) is 5.75 Å². The Labute approximate surface area is 302 Å². The number of hydrogen-bond donors (Lipinski definition) is 1. The van der Waals surface area contributed by atoms with Crippen molar-refractivity contribution in [3.05, 3.63) is 98.9 Å². The van der Waals surface area contributed by atoms with E-state index in [0.29, 0.717) is 42.6 Å². The van der Waals surface area contributed by atoms with Crippen molar-refractivity contribution < 1.29 is 28.7 Å². The van der Waals surface area contributed by atoms with Crippen LogP contribution in [-0.2, 0) is 43.6 Å². The summed E-state index contributed by atoms with van der Waals surface area (Å²) >= 11 is 3.64. The number of non-ortho nitro benzene ring substituents is 1. The third-order valence-electron chi connectivity index (χ3n) is 8.07. The van der Waals surface area contributed by atoms with E-state index in [1.54, 1.807) is 32.2 Å². The van der Waals surface area contributed by atoms with Crippen molar-refractivity contribution in [3.63, 3.8) is 0 Å². The highest BCUT2D eigenvalue weighted by Gasteiger charge is 2.35. The van der Waals surface area contributed by atoms with Gasteiger partial charge in [0.2, 0.25) is 5.91 Å². The first-order chi connectivity index (χ1) is 24.2. The fraction of sp³-hybridized carbons (Fsp3) is 0.459. The molecule has 13 heteroatoms. The summed E-state index contributed by atoms with van der Waals surface area (Å²) in [7, 11) is 0. The Hall–Kier alpha value is -3.94. The Morgan fingerprint density at radius 2 is 1.76 bits per heavy atom. The van der Waals surface area contributed by atoms with Gasteiger partial charge in [0.1, 0.15) is 24.8 Å². The minimum atomic E-state index is -1.42. The molecule has 1 aromatic heterocycles. The lowest BCUT2D eigenvalue weighted by Gasteiger charge is -2.26. The van der Waals surface area contributed by atoms with Gasteiger partial charge >= 0.3 is 5.97 Å². The van der Waals surface area contributed by atoms with E-state index >= 15 is 0 Å². The summed E-state index contributed by atoms with van der Waals surface area (Å²) in [5.74, 6) is 2.94.